The summed E-state index contributed by atoms with van der Waals surface area (Å²) in [4.78, 5) is 30.7. The number of benzene rings is 2. The summed E-state index contributed by atoms with van der Waals surface area (Å²) in [5.74, 6) is 0.546. The minimum Gasteiger partial charge on any atom is -0.391 e. The number of aliphatic hydroxyl groups is 1. The fourth-order valence-corrected chi connectivity index (χ4v) is 5.13. The Hall–Kier alpha value is -1.90. The molecule has 0 aliphatic carbocycles. The molecular weight excluding hydrogens is 469 g/mol. The molecule has 0 amide bonds. The van der Waals surface area contributed by atoms with Gasteiger partial charge in [0.2, 0.25) is 0 Å². The van der Waals surface area contributed by atoms with Gasteiger partial charge >= 0.3 is 0 Å². The van der Waals surface area contributed by atoms with Gasteiger partial charge in [-0.05, 0) is 49.2 Å². The zero-order valence-corrected chi connectivity index (χ0v) is 19.6. The molecular formula is C23H23Cl2N3O3S. The molecule has 0 bridgehead atoms. The number of halogens is 2. The number of nitrogens with zero attached hydrogens (tertiary/aromatic N) is 2. The lowest BCUT2D eigenvalue weighted by Crippen LogP contribution is -2.46. The Labute approximate surface area is 199 Å². The Morgan fingerprint density at radius 3 is 2.78 bits per heavy atom. The Balaban J connectivity index is 1.51. The van der Waals surface area contributed by atoms with Crippen molar-refractivity contribution in [1.82, 2.24) is 14.9 Å². The Bertz CT molecular complexity index is 1180. The van der Waals surface area contributed by atoms with Gasteiger partial charge in [0.25, 0.3) is 5.56 Å². The fourth-order valence-electron chi connectivity index (χ4n) is 3.77. The quantitative estimate of drug-likeness (QED) is 0.484. The number of nitrogens with one attached hydrogen (secondary N) is 1. The van der Waals surface area contributed by atoms with Gasteiger partial charge in [-0.3, -0.25) is 14.2 Å². The number of rotatable bonds is 7. The number of fused-ring (bicyclic) bond motifs is 1. The van der Waals surface area contributed by atoms with E-state index in [1.165, 1.54) is 22.7 Å². The third-order valence-corrected chi connectivity index (χ3v) is 7.33. The van der Waals surface area contributed by atoms with Crippen LogP contribution in [0.25, 0.3) is 10.9 Å². The molecule has 1 fully saturated rings. The minimum atomic E-state index is -0.540. The van der Waals surface area contributed by atoms with Crippen molar-refractivity contribution in [2.24, 2.45) is 0 Å². The molecule has 0 unspecified atom stereocenters. The summed E-state index contributed by atoms with van der Waals surface area (Å²) in [5.41, 5.74) is 1.29. The summed E-state index contributed by atoms with van der Waals surface area (Å²) < 4.78 is 1.32. The van der Waals surface area contributed by atoms with Gasteiger partial charge in [-0.15, -0.1) is 11.8 Å². The number of Topliss-reactive ketones (excluding diaryl/α,β-unsaturated/α-hetero) is 1. The van der Waals surface area contributed by atoms with E-state index in [4.69, 9.17) is 23.2 Å². The highest BCUT2D eigenvalue weighted by Gasteiger charge is 2.25. The van der Waals surface area contributed by atoms with E-state index in [9.17, 15) is 14.7 Å². The lowest BCUT2D eigenvalue weighted by molar-refractivity contribution is -0.121. The summed E-state index contributed by atoms with van der Waals surface area (Å²) >= 11 is 13.9. The number of aliphatic hydroxyl groups excluding tert-OH is 1. The molecule has 168 valence electrons. The standard InChI is InChI=1S/C23H23Cl2N3O3S/c24-15-5-3-14(4-6-15)12-32-22-9-17-19(10-18(22)25)27-13-28(23(17)31)11-16(29)8-20-21(30)2-1-7-26-20/h3-6,9-10,13,20-21,26,30H,1-2,7-8,11-12H2/t20-,21+/m0/s1. The number of hydrogen-bond donors (Lipinski definition) is 2. The number of aromatic nitrogens is 2. The van der Waals surface area contributed by atoms with Crippen molar-refractivity contribution in [3.05, 3.63) is 68.7 Å². The van der Waals surface area contributed by atoms with E-state index in [2.05, 4.69) is 10.3 Å². The number of hydrogen-bond acceptors (Lipinski definition) is 6. The van der Waals surface area contributed by atoms with Crippen LogP contribution in [0.5, 0.6) is 0 Å². The molecule has 1 aliphatic rings. The SMILES string of the molecule is O=C(C[C@@H]1NCCC[C@H]1O)Cn1cnc2cc(Cl)c(SCc3ccc(Cl)cc3)cc2c1=O. The van der Waals surface area contributed by atoms with E-state index in [1.807, 2.05) is 24.3 Å². The van der Waals surface area contributed by atoms with Crippen LogP contribution in [0, 0.1) is 0 Å². The molecule has 3 aromatic rings. The monoisotopic (exact) mass is 491 g/mol. The summed E-state index contributed by atoms with van der Waals surface area (Å²) in [7, 11) is 0. The second kappa shape index (κ2) is 10.4. The van der Waals surface area contributed by atoms with E-state index < -0.39 is 6.10 Å². The predicted octanol–water partition coefficient (Wildman–Crippen LogP) is 4.07. The maximum atomic E-state index is 13.0. The topological polar surface area (TPSA) is 84.2 Å². The molecule has 9 heteroatoms. The third kappa shape index (κ3) is 5.53. The van der Waals surface area contributed by atoms with Gasteiger partial charge in [-0.1, -0.05) is 35.3 Å². The van der Waals surface area contributed by atoms with Crippen LogP contribution in [-0.4, -0.2) is 39.1 Å². The number of piperidine rings is 1. The average molecular weight is 492 g/mol. The molecule has 1 aliphatic heterocycles. The van der Waals surface area contributed by atoms with E-state index in [0.717, 1.165) is 23.4 Å². The summed E-state index contributed by atoms with van der Waals surface area (Å²) in [5, 5.41) is 14.9. The zero-order valence-electron chi connectivity index (χ0n) is 17.3. The summed E-state index contributed by atoms with van der Waals surface area (Å²) in [6.45, 7) is 0.701. The van der Waals surface area contributed by atoms with Gasteiger partial charge < -0.3 is 10.4 Å². The van der Waals surface area contributed by atoms with Crippen LogP contribution in [-0.2, 0) is 17.1 Å². The van der Waals surface area contributed by atoms with Crippen LogP contribution in [0.4, 0.5) is 0 Å². The van der Waals surface area contributed by atoms with Crippen LogP contribution in [0.2, 0.25) is 10.0 Å². The highest BCUT2D eigenvalue weighted by Crippen LogP contribution is 2.32. The van der Waals surface area contributed by atoms with Crippen molar-refractivity contribution in [2.75, 3.05) is 6.54 Å². The van der Waals surface area contributed by atoms with E-state index in [-0.39, 0.29) is 30.3 Å². The molecule has 2 aromatic carbocycles. The third-order valence-electron chi connectivity index (χ3n) is 5.53. The van der Waals surface area contributed by atoms with Crippen LogP contribution < -0.4 is 10.9 Å². The maximum Gasteiger partial charge on any atom is 0.261 e. The van der Waals surface area contributed by atoms with Gasteiger partial charge in [0.05, 0.1) is 34.9 Å². The predicted molar refractivity (Wildman–Crippen MR) is 129 cm³/mol. The van der Waals surface area contributed by atoms with Crippen LogP contribution in [0.3, 0.4) is 0 Å². The second-order valence-electron chi connectivity index (χ2n) is 7.91. The van der Waals surface area contributed by atoms with Crippen molar-refractivity contribution < 1.29 is 9.90 Å². The van der Waals surface area contributed by atoms with Gasteiger partial charge in [-0.2, -0.15) is 0 Å². The molecule has 0 radical (unpaired) electrons. The Morgan fingerprint density at radius 2 is 2.03 bits per heavy atom. The van der Waals surface area contributed by atoms with E-state index >= 15 is 0 Å². The first-order valence-electron chi connectivity index (χ1n) is 10.4. The highest BCUT2D eigenvalue weighted by molar-refractivity contribution is 7.98. The van der Waals surface area contributed by atoms with Gasteiger partial charge in [0.1, 0.15) is 0 Å². The van der Waals surface area contributed by atoms with E-state index in [1.54, 1.807) is 12.1 Å². The normalized spacial score (nSPS) is 18.7. The average Bonchev–Trinajstić information content (AvgIpc) is 2.77. The van der Waals surface area contributed by atoms with Crippen LogP contribution in [0.15, 0.2) is 52.4 Å². The van der Waals surface area contributed by atoms with Gasteiger partial charge in [0.15, 0.2) is 5.78 Å². The lowest BCUT2D eigenvalue weighted by atomic mass is 9.97. The van der Waals surface area contributed by atoms with Crippen LogP contribution in [0.1, 0.15) is 24.8 Å². The largest absolute Gasteiger partial charge is 0.391 e. The number of carbonyl (C=O) groups is 1. The zero-order chi connectivity index (χ0) is 22.7. The second-order valence-corrected chi connectivity index (χ2v) is 9.77. The highest BCUT2D eigenvalue weighted by atomic mass is 35.5. The molecule has 2 heterocycles. The summed E-state index contributed by atoms with van der Waals surface area (Å²) in [6.07, 6.45) is 2.58. The van der Waals surface area contributed by atoms with Crippen molar-refractivity contribution >= 4 is 51.6 Å². The number of ketones is 1. The lowest BCUT2D eigenvalue weighted by Gasteiger charge is -2.28. The Morgan fingerprint density at radius 1 is 1.25 bits per heavy atom. The van der Waals surface area contributed by atoms with Crippen LogP contribution >= 0.6 is 35.0 Å². The van der Waals surface area contributed by atoms with Crippen molar-refractivity contribution in [3.63, 3.8) is 0 Å². The Kier molecular flexibility index (Phi) is 7.53. The molecule has 1 saturated heterocycles. The van der Waals surface area contributed by atoms with Gasteiger partial charge in [0, 0.05) is 28.1 Å². The smallest absolute Gasteiger partial charge is 0.261 e. The van der Waals surface area contributed by atoms with Crippen molar-refractivity contribution in [1.29, 1.82) is 0 Å². The number of thioether (sulfide) groups is 1. The molecule has 6 nitrogen and oxygen atoms in total. The molecule has 1 aromatic heterocycles. The van der Waals surface area contributed by atoms with Crippen molar-refractivity contribution in [3.8, 4) is 0 Å². The van der Waals surface area contributed by atoms with E-state index in [0.29, 0.717) is 33.1 Å². The first kappa shape index (κ1) is 23.3. The summed E-state index contributed by atoms with van der Waals surface area (Å²) in [6, 6.07) is 10.7. The molecule has 2 atom stereocenters. The number of carbonyl (C=O) groups excluding carboxylic acids is 1. The molecule has 2 N–H and O–H groups in total. The molecule has 4 rings (SSSR count). The first-order valence-corrected chi connectivity index (χ1v) is 12.1. The van der Waals surface area contributed by atoms with Gasteiger partial charge in [-0.25, -0.2) is 4.98 Å². The van der Waals surface area contributed by atoms with Crippen molar-refractivity contribution in [2.45, 2.75) is 48.6 Å². The first-order chi connectivity index (χ1) is 15.4. The molecule has 32 heavy (non-hydrogen) atoms. The molecule has 0 saturated carbocycles. The minimum absolute atomic E-state index is 0.0808. The fraction of sp³-hybridized carbons (Fsp3) is 0.348. The maximum absolute atomic E-state index is 13.0. The molecule has 0 spiro atoms.